The van der Waals surface area contributed by atoms with Crippen LogP contribution in [0.4, 0.5) is 0 Å². The van der Waals surface area contributed by atoms with E-state index >= 15 is 0 Å². The fourth-order valence-corrected chi connectivity index (χ4v) is 1.66. The molecule has 0 aliphatic carbocycles. The van der Waals surface area contributed by atoms with Crippen molar-refractivity contribution in [3.05, 3.63) is 23.9 Å². The normalized spacial score (nSPS) is 25.5. The maximum Gasteiger partial charge on any atom is 0.215 e. The minimum Gasteiger partial charge on any atom is -0.457 e. The number of hydrogen-bond acceptors (Lipinski definition) is 4. The largest absolute Gasteiger partial charge is 0.457 e. The van der Waals surface area contributed by atoms with Gasteiger partial charge in [-0.15, -0.1) is 11.6 Å². The summed E-state index contributed by atoms with van der Waals surface area (Å²) in [7, 11) is 0. The smallest absolute Gasteiger partial charge is 0.215 e. The summed E-state index contributed by atoms with van der Waals surface area (Å²) in [4.78, 5) is 4.13. The van der Waals surface area contributed by atoms with Gasteiger partial charge < -0.3 is 4.74 Å². The van der Waals surface area contributed by atoms with Crippen LogP contribution in [0.3, 0.4) is 0 Å². The molecule has 1 aliphatic heterocycles. The van der Waals surface area contributed by atoms with Gasteiger partial charge in [0.15, 0.2) is 6.23 Å². The molecule has 0 amide bonds. The SMILES string of the molecule is CC1CC(Oc2cc(CCl)ccn2)NN1. The Kier molecular flexibility index (Phi) is 3.41. The predicted octanol–water partition coefficient (Wildman–Crippen LogP) is 1.41. The zero-order chi connectivity index (χ0) is 10.7. The number of ether oxygens (including phenoxy) is 1. The van der Waals surface area contributed by atoms with E-state index in [2.05, 4.69) is 22.8 Å². The molecular weight excluding hydrogens is 214 g/mol. The highest BCUT2D eigenvalue weighted by atomic mass is 35.5. The Bertz CT molecular complexity index is 334. The van der Waals surface area contributed by atoms with Crippen molar-refractivity contribution >= 4 is 11.6 Å². The number of alkyl halides is 1. The molecule has 1 aliphatic rings. The van der Waals surface area contributed by atoms with E-state index in [1.54, 1.807) is 6.20 Å². The molecule has 5 heteroatoms. The van der Waals surface area contributed by atoms with E-state index in [-0.39, 0.29) is 6.23 Å². The highest BCUT2D eigenvalue weighted by Gasteiger charge is 2.21. The first-order valence-electron chi connectivity index (χ1n) is 4.96. The molecule has 0 aromatic carbocycles. The molecule has 2 unspecified atom stereocenters. The number of hydrazine groups is 1. The first kappa shape index (κ1) is 10.7. The fourth-order valence-electron chi connectivity index (χ4n) is 1.50. The van der Waals surface area contributed by atoms with Gasteiger partial charge in [0, 0.05) is 30.6 Å². The van der Waals surface area contributed by atoms with Gasteiger partial charge in [-0.1, -0.05) is 0 Å². The monoisotopic (exact) mass is 227 g/mol. The summed E-state index contributed by atoms with van der Waals surface area (Å²) in [6.45, 7) is 2.10. The van der Waals surface area contributed by atoms with Crippen LogP contribution in [0.1, 0.15) is 18.9 Å². The van der Waals surface area contributed by atoms with Crippen LogP contribution in [0.25, 0.3) is 0 Å². The van der Waals surface area contributed by atoms with E-state index in [1.807, 2.05) is 12.1 Å². The third-order valence-electron chi connectivity index (χ3n) is 2.27. The number of aromatic nitrogens is 1. The van der Waals surface area contributed by atoms with Crippen molar-refractivity contribution in [1.82, 2.24) is 15.8 Å². The van der Waals surface area contributed by atoms with Crippen LogP contribution >= 0.6 is 11.6 Å². The molecule has 2 atom stereocenters. The van der Waals surface area contributed by atoms with Crippen LogP contribution in [0.2, 0.25) is 0 Å². The minimum absolute atomic E-state index is 0.0157. The third kappa shape index (κ3) is 2.81. The van der Waals surface area contributed by atoms with Crippen molar-refractivity contribution in [2.24, 2.45) is 0 Å². The Hall–Kier alpha value is -0.840. The summed E-state index contributed by atoms with van der Waals surface area (Å²) >= 11 is 5.73. The van der Waals surface area contributed by atoms with Crippen LogP contribution in [0, 0.1) is 0 Å². The molecule has 0 radical (unpaired) electrons. The van der Waals surface area contributed by atoms with Crippen LogP contribution in [0.5, 0.6) is 5.88 Å². The standard InChI is InChI=1S/C10H14ClN3O/c1-7-4-10(14-13-7)15-9-5-8(6-11)2-3-12-9/h2-3,5,7,10,13-14H,4,6H2,1H3. The molecule has 1 aromatic rings. The quantitative estimate of drug-likeness (QED) is 0.767. The molecule has 1 aromatic heterocycles. The molecule has 1 saturated heterocycles. The summed E-state index contributed by atoms with van der Waals surface area (Å²) < 4.78 is 5.64. The van der Waals surface area contributed by atoms with Crippen molar-refractivity contribution in [2.75, 3.05) is 0 Å². The van der Waals surface area contributed by atoms with Crippen molar-refractivity contribution in [1.29, 1.82) is 0 Å². The van der Waals surface area contributed by atoms with Crippen molar-refractivity contribution < 1.29 is 4.74 Å². The average Bonchev–Trinajstić information content (AvgIpc) is 2.64. The number of nitrogens with zero attached hydrogens (tertiary/aromatic N) is 1. The van der Waals surface area contributed by atoms with Crippen LogP contribution in [-0.4, -0.2) is 17.3 Å². The molecule has 2 rings (SSSR count). The molecular formula is C10H14ClN3O. The topological polar surface area (TPSA) is 46.2 Å². The van der Waals surface area contributed by atoms with Crippen molar-refractivity contribution in [3.8, 4) is 5.88 Å². The highest BCUT2D eigenvalue weighted by molar-refractivity contribution is 6.17. The van der Waals surface area contributed by atoms with Gasteiger partial charge in [-0.3, -0.25) is 5.43 Å². The van der Waals surface area contributed by atoms with E-state index < -0.39 is 0 Å². The zero-order valence-corrected chi connectivity index (χ0v) is 9.29. The molecule has 1 fully saturated rings. The van der Waals surface area contributed by atoms with Gasteiger partial charge in [-0.25, -0.2) is 10.4 Å². The molecule has 0 saturated carbocycles. The second kappa shape index (κ2) is 4.79. The summed E-state index contributed by atoms with van der Waals surface area (Å²) in [6, 6.07) is 4.16. The van der Waals surface area contributed by atoms with E-state index in [4.69, 9.17) is 16.3 Å². The van der Waals surface area contributed by atoms with Gasteiger partial charge in [0.25, 0.3) is 0 Å². The number of hydrogen-bond donors (Lipinski definition) is 2. The number of halogens is 1. The average molecular weight is 228 g/mol. The number of pyridine rings is 1. The fraction of sp³-hybridized carbons (Fsp3) is 0.500. The predicted molar refractivity (Wildman–Crippen MR) is 58.6 cm³/mol. The van der Waals surface area contributed by atoms with E-state index in [0.29, 0.717) is 17.8 Å². The van der Waals surface area contributed by atoms with E-state index in [9.17, 15) is 0 Å². The van der Waals surface area contributed by atoms with Gasteiger partial charge >= 0.3 is 0 Å². The van der Waals surface area contributed by atoms with Crippen LogP contribution < -0.4 is 15.6 Å². The second-order valence-corrected chi connectivity index (χ2v) is 3.94. The minimum atomic E-state index is -0.0157. The lowest BCUT2D eigenvalue weighted by molar-refractivity contribution is 0.172. The lowest BCUT2D eigenvalue weighted by atomic mass is 10.2. The first-order chi connectivity index (χ1) is 7.28. The van der Waals surface area contributed by atoms with E-state index in [1.165, 1.54) is 0 Å². The zero-order valence-electron chi connectivity index (χ0n) is 8.53. The summed E-state index contributed by atoms with van der Waals surface area (Å²) in [5.74, 6) is 1.09. The summed E-state index contributed by atoms with van der Waals surface area (Å²) in [5, 5.41) is 0. The Morgan fingerprint density at radius 2 is 2.47 bits per heavy atom. The summed E-state index contributed by atoms with van der Waals surface area (Å²) in [6.07, 6.45) is 2.61. The van der Waals surface area contributed by atoms with Crippen molar-refractivity contribution in [3.63, 3.8) is 0 Å². The number of rotatable bonds is 3. The molecule has 2 N–H and O–H groups in total. The Morgan fingerprint density at radius 1 is 1.60 bits per heavy atom. The summed E-state index contributed by atoms with van der Waals surface area (Å²) in [5.41, 5.74) is 7.15. The van der Waals surface area contributed by atoms with Crippen LogP contribution in [-0.2, 0) is 5.88 Å². The van der Waals surface area contributed by atoms with Crippen LogP contribution in [0.15, 0.2) is 18.3 Å². The molecule has 4 nitrogen and oxygen atoms in total. The third-order valence-corrected chi connectivity index (χ3v) is 2.58. The van der Waals surface area contributed by atoms with Gasteiger partial charge in [0.2, 0.25) is 5.88 Å². The highest BCUT2D eigenvalue weighted by Crippen LogP contribution is 2.15. The maximum absolute atomic E-state index is 5.73. The molecule has 2 heterocycles. The van der Waals surface area contributed by atoms with Gasteiger partial charge in [0.1, 0.15) is 0 Å². The van der Waals surface area contributed by atoms with Gasteiger partial charge in [0.05, 0.1) is 0 Å². The Labute approximate surface area is 94.0 Å². The molecule has 0 spiro atoms. The molecule has 15 heavy (non-hydrogen) atoms. The Balaban J connectivity index is 1.98. The lowest BCUT2D eigenvalue weighted by Gasteiger charge is -2.12. The van der Waals surface area contributed by atoms with Gasteiger partial charge in [-0.05, 0) is 18.6 Å². The number of nitrogens with one attached hydrogen (secondary N) is 2. The maximum atomic E-state index is 5.73. The molecule has 82 valence electrons. The van der Waals surface area contributed by atoms with Crippen molar-refractivity contribution in [2.45, 2.75) is 31.5 Å². The van der Waals surface area contributed by atoms with E-state index in [0.717, 1.165) is 12.0 Å². The Morgan fingerprint density at radius 3 is 3.13 bits per heavy atom. The van der Waals surface area contributed by atoms with Gasteiger partial charge in [-0.2, -0.15) is 0 Å². The lowest BCUT2D eigenvalue weighted by Crippen LogP contribution is -2.35. The molecule has 0 bridgehead atoms. The second-order valence-electron chi connectivity index (χ2n) is 3.67. The first-order valence-corrected chi connectivity index (χ1v) is 5.50.